The van der Waals surface area contributed by atoms with E-state index in [1.165, 1.54) is 31.4 Å². The summed E-state index contributed by atoms with van der Waals surface area (Å²) < 4.78 is 38.6. The van der Waals surface area contributed by atoms with Crippen molar-refractivity contribution in [2.24, 2.45) is 0 Å². The standard InChI is InChI=1S/C25H27ClN2O5S/c1-17-5-10-21(11-6-17)28(34(30,31)22-12-8-20(26)9-13-22)16-25(29)27-18(2)19-7-14-23(32-3)24(15-19)33-4/h5-15,18H,16H2,1-4H3,(H,27,29). The molecule has 1 N–H and O–H groups in total. The number of methoxy groups -OCH3 is 2. The van der Waals surface area contributed by atoms with E-state index >= 15 is 0 Å². The average Bonchev–Trinajstić information content (AvgIpc) is 2.82. The van der Waals surface area contributed by atoms with Crippen molar-refractivity contribution < 1.29 is 22.7 Å². The van der Waals surface area contributed by atoms with Crippen molar-refractivity contribution >= 4 is 33.2 Å². The molecule has 1 atom stereocenters. The molecule has 7 nitrogen and oxygen atoms in total. The van der Waals surface area contributed by atoms with E-state index < -0.39 is 28.5 Å². The zero-order valence-electron chi connectivity index (χ0n) is 19.4. The van der Waals surface area contributed by atoms with Crippen molar-refractivity contribution in [1.29, 1.82) is 0 Å². The van der Waals surface area contributed by atoms with Crippen LogP contribution >= 0.6 is 11.6 Å². The number of amides is 1. The fourth-order valence-electron chi connectivity index (χ4n) is 3.38. The van der Waals surface area contributed by atoms with E-state index in [2.05, 4.69) is 5.32 Å². The predicted molar refractivity (Wildman–Crippen MR) is 133 cm³/mol. The first-order valence-electron chi connectivity index (χ1n) is 10.5. The van der Waals surface area contributed by atoms with Crippen LogP contribution in [-0.4, -0.2) is 35.1 Å². The lowest BCUT2D eigenvalue weighted by atomic mass is 10.1. The second-order valence-electron chi connectivity index (χ2n) is 7.70. The maximum atomic E-state index is 13.4. The number of carbonyl (C=O) groups is 1. The van der Waals surface area contributed by atoms with Crippen LogP contribution < -0.4 is 19.1 Å². The van der Waals surface area contributed by atoms with E-state index in [1.807, 2.05) is 19.9 Å². The van der Waals surface area contributed by atoms with E-state index in [0.29, 0.717) is 22.2 Å². The molecule has 0 saturated carbocycles. The largest absolute Gasteiger partial charge is 0.493 e. The van der Waals surface area contributed by atoms with Gasteiger partial charge in [0.2, 0.25) is 5.91 Å². The van der Waals surface area contributed by atoms with Crippen LogP contribution in [0.15, 0.2) is 71.6 Å². The number of benzene rings is 3. The molecule has 0 aromatic heterocycles. The highest BCUT2D eigenvalue weighted by atomic mass is 35.5. The van der Waals surface area contributed by atoms with Crippen LogP contribution in [0.1, 0.15) is 24.1 Å². The molecule has 0 saturated heterocycles. The van der Waals surface area contributed by atoms with Crippen LogP contribution in [0.5, 0.6) is 11.5 Å². The summed E-state index contributed by atoms with van der Waals surface area (Å²) >= 11 is 5.93. The molecule has 0 bridgehead atoms. The van der Waals surface area contributed by atoms with Gasteiger partial charge < -0.3 is 14.8 Å². The number of hydrogen-bond acceptors (Lipinski definition) is 5. The molecule has 0 aliphatic carbocycles. The average molecular weight is 503 g/mol. The van der Waals surface area contributed by atoms with Crippen molar-refractivity contribution in [1.82, 2.24) is 5.32 Å². The summed E-state index contributed by atoms with van der Waals surface area (Å²) in [6.45, 7) is 3.31. The minimum Gasteiger partial charge on any atom is -0.493 e. The fourth-order valence-corrected chi connectivity index (χ4v) is 4.93. The van der Waals surface area contributed by atoms with Gasteiger partial charge in [-0.1, -0.05) is 35.4 Å². The number of hydrogen-bond donors (Lipinski definition) is 1. The molecule has 0 spiro atoms. The van der Waals surface area contributed by atoms with E-state index in [9.17, 15) is 13.2 Å². The van der Waals surface area contributed by atoms with Gasteiger partial charge in [0, 0.05) is 5.02 Å². The SMILES string of the molecule is COc1ccc(C(C)NC(=O)CN(c2ccc(C)cc2)S(=O)(=O)c2ccc(Cl)cc2)cc1OC. The van der Waals surface area contributed by atoms with Crippen molar-refractivity contribution in [3.8, 4) is 11.5 Å². The monoisotopic (exact) mass is 502 g/mol. The first kappa shape index (κ1) is 25.4. The Morgan fingerprint density at radius 2 is 1.59 bits per heavy atom. The van der Waals surface area contributed by atoms with E-state index in [4.69, 9.17) is 21.1 Å². The first-order chi connectivity index (χ1) is 16.1. The number of rotatable bonds is 9. The summed E-state index contributed by atoms with van der Waals surface area (Å²) in [6.07, 6.45) is 0. The maximum absolute atomic E-state index is 13.4. The van der Waals surface area contributed by atoms with Crippen molar-refractivity contribution in [2.45, 2.75) is 24.8 Å². The molecule has 9 heteroatoms. The van der Waals surface area contributed by atoms with Gasteiger partial charge in [-0.3, -0.25) is 9.10 Å². The highest BCUT2D eigenvalue weighted by Crippen LogP contribution is 2.30. The smallest absolute Gasteiger partial charge is 0.264 e. The zero-order chi connectivity index (χ0) is 24.9. The highest BCUT2D eigenvalue weighted by molar-refractivity contribution is 7.92. The van der Waals surface area contributed by atoms with Crippen LogP contribution in [0.25, 0.3) is 0 Å². The molecule has 180 valence electrons. The fraction of sp³-hybridized carbons (Fsp3) is 0.240. The Balaban J connectivity index is 1.87. The van der Waals surface area contributed by atoms with Crippen LogP contribution in [0.3, 0.4) is 0 Å². The van der Waals surface area contributed by atoms with Gasteiger partial charge in [0.15, 0.2) is 11.5 Å². The molecular weight excluding hydrogens is 476 g/mol. The molecule has 0 heterocycles. The summed E-state index contributed by atoms with van der Waals surface area (Å²) in [7, 11) is -0.943. The highest BCUT2D eigenvalue weighted by Gasteiger charge is 2.28. The van der Waals surface area contributed by atoms with E-state index in [-0.39, 0.29) is 4.90 Å². The quantitative estimate of drug-likeness (QED) is 0.457. The number of halogens is 1. The lowest BCUT2D eigenvalue weighted by Gasteiger charge is -2.25. The Kier molecular flexibility index (Phi) is 8.06. The Bertz CT molecular complexity index is 1250. The number of aryl methyl sites for hydroxylation is 1. The summed E-state index contributed by atoms with van der Waals surface area (Å²) in [5.74, 6) is 0.650. The minimum atomic E-state index is -4.02. The predicted octanol–water partition coefficient (Wildman–Crippen LogP) is 4.74. The Morgan fingerprint density at radius 3 is 2.18 bits per heavy atom. The van der Waals surface area contributed by atoms with Crippen LogP contribution in [0.4, 0.5) is 5.69 Å². The summed E-state index contributed by atoms with van der Waals surface area (Å²) in [5, 5.41) is 3.29. The molecule has 3 aromatic carbocycles. The molecule has 1 amide bonds. The van der Waals surface area contributed by atoms with Gasteiger partial charge in [-0.15, -0.1) is 0 Å². The third-order valence-electron chi connectivity index (χ3n) is 5.30. The number of nitrogens with one attached hydrogen (secondary N) is 1. The van der Waals surface area contributed by atoms with Crippen molar-refractivity contribution in [3.63, 3.8) is 0 Å². The van der Waals surface area contributed by atoms with Crippen molar-refractivity contribution in [2.75, 3.05) is 25.1 Å². The topological polar surface area (TPSA) is 84.9 Å². The summed E-state index contributed by atoms with van der Waals surface area (Å²) in [6, 6.07) is 17.7. The van der Waals surface area contributed by atoms with Crippen LogP contribution in [0, 0.1) is 6.92 Å². The Morgan fingerprint density at radius 1 is 0.971 bits per heavy atom. The first-order valence-corrected chi connectivity index (χ1v) is 12.3. The maximum Gasteiger partial charge on any atom is 0.264 e. The number of ether oxygens (including phenoxy) is 2. The van der Waals surface area contributed by atoms with Gasteiger partial charge in [0.1, 0.15) is 6.54 Å². The van der Waals surface area contributed by atoms with E-state index in [0.717, 1.165) is 15.4 Å². The van der Waals surface area contributed by atoms with Gasteiger partial charge in [-0.2, -0.15) is 0 Å². The molecule has 0 aliphatic rings. The second kappa shape index (κ2) is 10.8. The molecule has 3 rings (SSSR count). The lowest BCUT2D eigenvalue weighted by Crippen LogP contribution is -2.41. The molecule has 1 unspecified atom stereocenters. The van der Waals surface area contributed by atoms with Gasteiger partial charge in [-0.25, -0.2) is 8.42 Å². The number of nitrogens with zero attached hydrogens (tertiary/aromatic N) is 1. The Labute approximate surface area is 205 Å². The van der Waals surface area contributed by atoms with Gasteiger partial charge >= 0.3 is 0 Å². The normalized spacial score (nSPS) is 12.0. The molecule has 3 aromatic rings. The summed E-state index contributed by atoms with van der Waals surface area (Å²) in [5.41, 5.74) is 2.14. The molecule has 0 fully saturated rings. The van der Waals surface area contributed by atoms with Crippen LogP contribution in [-0.2, 0) is 14.8 Å². The lowest BCUT2D eigenvalue weighted by molar-refractivity contribution is -0.120. The van der Waals surface area contributed by atoms with Crippen molar-refractivity contribution in [3.05, 3.63) is 82.9 Å². The van der Waals surface area contributed by atoms with Crippen LogP contribution in [0.2, 0.25) is 5.02 Å². The Hall–Kier alpha value is -3.23. The number of carbonyl (C=O) groups excluding carboxylic acids is 1. The summed E-state index contributed by atoms with van der Waals surface area (Å²) in [4.78, 5) is 13.0. The third-order valence-corrected chi connectivity index (χ3v) is 7.34. The van der Waals surface area contributed by atoms with Gasteiger partial charge in [0.25, 0.3) is 10.0 Å². The molecule has 34 heavy (non-hydrogen) atoms. The number of anilines is 1. The molecular formula is C25H27ClN2O5S. The van der Waals surface area contributed by atoms with Gasteiger partial charge in [0.05, 0.1) is 30.8 Å². The zero-order valence-corrected chi connectivity index (χ0v) is 21.0. The minimum absolute atomic E-state index is 0.0400. The van der Waals surface area contributed by atoms with Gasteiger partial charge in [-0.05, 0) is 67.9 Å². The molecule has 0 aliphatic heterocycles. The molecule has 0 radical (unpaired) electrons. The second-order valence-corrected chi connectivity index (χ2v) is 10.0. The third kappa shape index (κ3) is 5.81. The number of sulfonamides is 1. The van der Waals surface area contributed by atoms with E-state index in [1.54, 1.807) is 43.5 Å².